The molecule has 1 fully saturated rings. The van der Waals surface area contributed by atoms with Gasteiger partial charge in [-0.3, -0.25) is 4.90 Å². The van der Waals surface area contributed by atoms with Crippen LogP contribution in [0.2, 0.25) is 0 Å². The fourth-order valence-corrected chi connectivity index (χ4v) is 3.39. The van der Waals surface area contributed by atoms with Crippen molar-refractivity contribution in [3.8, 4) is 0 Å². The number of hydrogen-bond acceptors (Lipinski definition) is 6. The molecule has 6 heteroatoms. The Bertz CT molecular complexity index is 546. The van der Waals surface area contributed by atoms with E-state index in [-0.39, 0.29) is 0 Å². The molecule has 0 amide bonds. The van der Waals surface area contributed by atoms with Gasteiger partial charge in [0.25, 0.3) is 0 Å². The summed E-state index contributed by atoms with van der Waals surface area (Å²) in [5, 5.41) is 3.16. The van der Waals surface area contributed by atoms with Crippen LogP contribution in [-0.2, 0) is 6.54 Å². The molecular weight excluding hydrogens is 272 g/mol. The minimum absolute atomic E-state index is 0.465. The summed E-state index contributed by atoms with van der Waals surface area (Å²) in [6, 6.07) is 0.465. The smallest absolute Gasteiger partial charge is 0.208 e. The fraction of sp³-hybridized carbons (Fsp3) is 0.571. The molecule has 0 radical (unpaired) electrons. The molecule has 5 nitrogen and oxygen atoms in total. The Hall–Kier alpha value is -1.40. The average molecular weight is 292 g/mol. The summed E-state index contributed by atoms with van der Waals surface area (Å²) in [5.41, 5.74) is 0.995. The van der Waals surface area contributed by atoms with E-state index in [2.05, 4.69) is 26.7 Å². The van der Waals surface area contributed by atoms with Gasteiger partial charge in [-0.2, -0.15) is 0 Å². The maximum Gasteiger partial charge on any atom is 0.208 e. The van der Waals surface area contributed by atoms with E-state index in [1.165, 1.54) is 0 Å². The van der Waals surface area contributed by atoms with E-state index in [0.29, 0.717) is 6.04 Å². The van der Waals surface area contributed by atoms with E-state index >= 15 is 0 Å². The summed E-state index contributed by atoms with van der Waals surface area (Å²) in [6.45, 7) is 10.0. The summed E-state index contributed by atoms with van der Waals surface area (Å²) in [7, 11) is 0. The Morgan fingerprint density at radius 3 is 2.85 bits per heavy atom. The summed E-state index contributed by atoms with van der Waals surface area (Å²) >= 11 is 1.71. The number of oxazole rings is 1. The lowest BCUT2D eigenvalue weighted by atomic mass is 10.2. The van der Waals surface area contributed by atoms with Gasteiger partial charge in [-0.25, -0.2) is 9.97 Å². The van der Waals surface area contributed by atoms with E-state index in [4.69, 9.17) is 4.42 Å². The lowest BCUT2D eigenvalue weighted by molar-refractivity contribution is 0.201. The molecule has 0 spiro atoms. The normalized spacial score (nSPS) is 20.6. The maximum atomic E-state index is 5.67. The van der Waals surface area contributed by atoms with Crippen molar-refractivity contribution in [2.45, 2.75) is 33.4 Å². The number of hydrogen-bond donors (Lipinski definition) is 0. The highest BCUT2D eigenvalue weighted by Crippen LogP contribution is 2.23. The van der Waals surface area contributed by atoms with Crippen molar-refractivity contribution < 1.29 is 4.42 Å². The van der Waals surface area contributed by atoms with Crippen LogP contribution in [0.1, 0.15) is 24.3 Å². The standard InChI is InChI=1S/C14H20N4OS/c1-10-8-17(9-13-16-11(2)12(3)19-13)5-6-18(10)14-15-4-7-20-14/h4,7,10H,5-6,8-9H2,1-3H3/t10-/m1/s1. The van der Waals surface area contributed by atoms with Crippen molar-refractivity contribution in [2.75, 3.05) is 24.5 Å². The van der Waals surface area contributed by atoms with Crippen molar-refractivity contribution in [2.24, 2.45) is 0 Å². The van der Waals surface area contributed by atoms with E-state index in [1.54, 1.807) is 11.3 Å². The van der Waals surface area contributed by atoms with Gasteiger partial charge in [-0.15, -0.1) is 11.3 Å². The zero-order valence-corrected chi connectivity index (χ0v) is 13.0. The van der Waals surface area contributed by atoms with Crippen molar-refractivity contribution in [3.05, 3.63) is 28.9 Å². The third kappa shape index (κ3) is 2.71. The molecule has 0 saturated carbocycles. The number of aryl methyl sites for hydroxylation is 2. The molecule has 108 valence electrons. The first-order valence-corrected chi connectivity index (χ1v) is 7.83. The molecule has 1 aliphatic heterocycles. The molecule has 2 aromatic rings. The fourth-order valence-electron chi connectivity index (χ4n) is 2.62. The highest BCUT2D eigenvalue weighted by atomic mass is 32.1. The topological polar surface area (TPSA) is 45.4 Å². The Morgan fingerprint density at radius 2 is 2.25 bits per heavy atom. The van der Waals surface area contributed by atoms with Gasteiger partial charge < -0.3 is 9.32 Å². The second-order valence-electron chi connectivity index (χ2n) is 5.34. The molecule has 20 heavy (non-hydrogen) atoms. The summed E-state index contributed by atoms with van der Waals surface area (Å²) < 4.78 is 5.67. The van der Waals surface area contributed by atoms with Gasteiger partial charge in [0.2, 0.25) is 5.89 Å². The van der Waals surface area contributed by atoms with Crippen LogP contribution in [0.4, 0.5) is 5.13 Å². The molecule has 0 unspecified atom stereocenters. The third-order valence-electron chi connectivity index (χ3n) is 3.81. The van der Waals surface area contributed by atoms with Crippen molar-refractivity contribution in [3.63, 3.8) is 0 Å². The average Bonchev–Trinajstić information content (AvgIpc) is 3.01. The van der Waals surface area contributed by atoms with E-state index in [9.17, 15) is 0 Å². The van der Waals surface area contributed by atoms with E-state index in [0.717, 1.165) is 48.7 Å². The molecule has 3 heterocycles. The lowest BCUT2D eigenvalue weighted by Crippen LogP contribution is -2.51. The Labute approximate surface area is 123 Å². The van der Waals surface area contributed by atoms with Crippen molar-refractivity contribution in [1.82, 2.24) is 14.9 Å². The molecule has 1 atom stereocenters. The second kappa shape index (κ2) is 5.54. The monoisotopic (exact) mass is 292 g/mol. The van der Waals surface area contributed by atoms with Crippen molar-refractivity contribution >= 4 is 16.5 Å². The molecule has 1 aliphatic rings. The molecule has 1 saturated heterocycles. The lowest BCUT2D eigenvalue weighted by Gasteiger charge is -2.39. The molecular formula is C14H20N4OS. The van der Waals surface area contributed by atoms with Crippen LogP contribution in [-0.4, -0.2) is 40.5 Å². The highest BCUT2D eigenvalue weighted by molar-refractivity contribution is 7.13. The van der Waals surface area contributed by atoms with Gasteiger partial charge in [0.15, 0.2) is 5.13 Å². The SMILES string of the molecule is Cc1nc(CN2CCN(c3nccs3)[C@H](C)C2)oc1C. The Balaban J connectivity index is 1.62. The first kappa shape index (κ1) is 13.6. The largest absolute Gasteiger partial charge is 0.444 e. The molecule has 3 rings (SSSR count). The number of aromatic nitrogens is 2. The molecule has 0 bridgehead atoms. The molecule has 0 aromatic carbocycles. The van der Waals surface area contributed by atoms with Gasteiger partial charge >= 0.3 is 0 Å². The highest BCUT2D eigenvalue weighted by Gasteiger charge is 2.26. The summed E-state index contributed by atoms with van der Waals surface area (Å²) in [6.07, 6.45) is 1.87. The first-order valence-electron chi connectivity index (χ1n) is 6.95. The van der Waals surface area contributed by atoms with Gasteiger partial charge in [0.05, 0.1) is 12.2 Å². The van der Waals surface area contributed by atoms with Gasteiger partial charge in [0, 0.05) is 37.3 Å². The van der Waals surface area contributed by atoms with Gasteiger partial charge in [-0.05, 0) is 20.8 Å². The van der Waals surface area contributed by atoms with Crippen LogP contribution in [0.5, 0.6) is 0 Å². The number of piperazine rings is 1. The predicted molar refractivity (Wildman–Crippen MR) is 80.2 cm³/mol. The van der Waals surface area contributed by atoms with Crippen LogP contribution < -0.4 is 4.90 Å². The molecule has 0 N–H and O–H groups in total. The zero-order chi connectivity index (χ0) is 14.1. The summed E-state index contributed by atoms with van der Waals surface area (Å²) in [5.74, 6) is 1.75. The van der Waals surface area contributed by atoms with Crippen molar-refractivity contribution in [1.29, 1.82) is 0 Å². The Kier molecular flexibility index (Phi) is 3.76. The number of thiazole rings is 1. The zero-order valence-electron chi connectivity index (χ0n) is 12.2. The van der Waals surface area contributed by atoms with Crippen LogP contribution in [0.3, 0.4) is 0 Å². The number of nitrogens with zero attached hydrogens (tertiary/aromatic N) is 4. The maximum absolute atomic E-state index is 5.67. The minimum Gasteiger partial charge on any atom is -0.444 e. The Morgan fingerprint density at radius 1 is 1.40 bits per heavy atom. The first-order chi connectivity index (χ1) is 9.63. The number of anilines is 1. The third-order valence-corrected chi connectivity index (χ3v) is 4.62. The van der Waals surface area contributed by atoms with Crippen LogP contribution in [0.15, 0.2) is 16.0 Å². The minimum atomic E-state index is 0.465. The van der Waals surface area contributed by atoms with Gasteiger partial charge in [-0.1, -0.05) is 0 Å². The van der Waals surface area contributed by atoms with Crippen LogP contribution in [0.25, 0.3) is 0 Å². The van der Waals surface area contributed by atoms with Crippen LogP contribution >= 0.6 is 11.3 Å². The summed E-state index contributed by atoms with van der Waals surface area (Å²) in [4.78, 5) is 13.7. The second-order valence-corrected chi connectivity index (χ2v) is 6.21. The molecule has 0 aliphatic carbocycles. The number of rotatable bonds is 3. The van der Waals surface area contributed by atoms with Gasteiger partial charge in [0.1, 0.15) is 5.76 Å². The molecule has 2 aromatic heterocycles. The predicted octanol–water partition coefficient (Wildman–Crippen LogP) is 2.46. The quantitative estimate of drug-likeness (QED) is 0.869. The van der Waals surface area contributed by atoms with E-state index < -0.39 is 0 Å². The van der Waals surface area contributed by atoms with E-state index in [1.807, 2.05) is 25.4 Å². The van der Waals surface area contributed by atoms with Crippen LogP contribution in [0, 0.1) is 13.8 Å².